The fourth-order valence-corrected chi connectivity index (χ4v) is 1.57. The number of carbonyl (C=O) groups excluding carboxylic acids is 1. The molecular weight excluding hydrogens is 194 g/mol. The highest BCUT2D eigenvalue weighted by Gasteiger charge is 2.27. The van der Waals surface area contributed by atoms with Gasteiger partial charge in [-0.15, -0.1) is 0 Å². The molecule has 0 aliphatic carbocycles. The van der Waals surface area contributed by atoms with Crippen LogP contribution in [0.2, 0.25) is 0 Å². The third-order valence-electron chi connectivity index (χ3n) is 2.38. The van der Waals surface area contributed by atoms with Crippen LogP contribution in [-0.4, -0.2) is 35.4 Å². The Balaban J connectivity index is 2.03. The molecule has 1 aromatic carbocycles. The number of morpholine rings is 1. The normalized spacial score (nSPS) is 21.8. The van der Waals surface area contributed by atoms with Crippen LogP contribution in [0.15, 0.2) is 30.3 Å². The maximum atomic E-state index is 11.5. The molecule has 0 saturated carbocycles. The summed E-state index contributed by atoms with van der Waals surface area (Å²) >= 11 is 0. The largest absolute Gasteiger partial charge is 0.361 e. The molecule has 1 amide bonds. The Hall–Kier alpha value is -1.39. The van der Waals surface area contributed by atoms with Gasteiger partial charge in [0.15, 0.2) is 0 Å². The monoisotopic (exact) mass is 207 g/mol. The summed E-state index contributed by atoms with van der Waals surface area (Å²) in [5.74, 6) is -0.356. The van der Waals surface area contributed by atoms with Gasteiger partial charge in [0.25, 0.3) is 5.91 Å². The predicted molar refractivity (Wildman–Crippen MR) is 53.8 cm³/mol. The van der Waals surface area contributed by atoms with E-state index in [1.165, 1.54) is 0 Å². The number of ether oxygens (including phenoxy) is 1. The van der Waals surface area contributed by atoms with Crippen LogP contribution < -0.4 is 0 Å². The Morgan fingerprint density at radius 3 is 2.87 bits per heavy atom. The summed E-state index contributed by atoms with van der Waals surface area (Å²) in [7, 11) is 0. The summed E-state index contributed by atoms with van der Waals surface area (Å²) in [4.78, 5) is 13.1. The molecule has 1 N–H and O–H groups in total. The summed E-state index contributed by atoms with van der Waals surface area (Å²) in [6.45, 7) is 1.45. The van der Waals surface area contributed by atoms with E-state index in [0.717, 1.165) is 5.56 Å². The lowest BCUT2D eigenvalue weighted by Crippen LogP contribution is -2.47. The fraction of sp³-hybridized carbons (Fsp3) is 0.364. The standard InChI is InChI=1S/C11H13NO3/c13-10-11(14)15-7-6-12(10)8-9-4-2-1-3-5-9/h1-5,11,14H,6-8H2. The second-order valence-corrected chi connectivity index (χ2v) is 3.47. The summed E-state index contributed by atoms with van der Waals surface area (Å²) in [6.07, 6.45) is -1.29. The van der Waals surface area contributed by atoms with Crippen LogP contribution >= 0.6 is 0 Å². The van der Waals surface area contributed by atoms with E-state index in [4.69, 9.17) is 4.74 Å². The van der Waals surface area contributed by atoms with Gasteiger partial charge in [-0.25, -0.2) is 0 Å². The minimum absolute atomic E-state index is 0.356. The van der Waals surface area contributed by atoms with Crippen molar-refractivity contribution in [3.63, 3.8) is 0 Å². The van der Waals surface area contributed by atoms with Crippen molar-refractivity contribution >= 4 is 5.91 Å². The van der Waals surface area contributed by atoms with Gasteiger partial charge in [0.1, 0.15) is 0 Å². The first kappa shape index (κ1) is 10.1. The van der Waals surface area contributed by atoms with Crippen LogP contribution in [0.4, 0.5) is 0 Å². The molecule has 80 valence electrons. The lowest BCUT2D eigenvalue weighted by Gasteiger charge is -2.29. The first-order valence-electron chi connectivity index (χ1n) is 4.90. The molecule has 0 spiro atoms. The van der Waals surface area contributed by atoms with Gasteiger partial charge in [0.05, 0.1) is 6.61 Å². The predicted octanol–water partition coefficient (Wildman–Crippen LogP) is 0.364. The zero-order valence-corrected chi connectivity index (χ0v) is 8.30. The van der Waals surface area contributed by atoms with E-state index in [9.17, 15) is 9.90 Å². The quantitative estimate of drug-likeness (QED) is 0.762. The average Bonchev–Trinajstić information content (AvgIpc) is 2.26. The van der Waals surface area contributed by atoms with Gasteiger partial charge < -0.3 is 14.7 Å². The molecule has 1 aliphatic heterocycles. The summed E-state index contributed by atoms with van der Waals surface area (Å²) < 4.78 is 4.82. The number of aliphatic hydroxyl groups excluding tert-OH is 1. The van der Waals surface area contributed by atoms with Crippen molar-refractivity contribution in [2.75, 3.05) is 13.2 Å². The minimum atomic E-state index is -1.29. The van der Waals surface area contributed by atoms with E-state index in [2.05, 4.69) is 0 Å². The minimum Gasteiger partial charge on any atom is -0.361 e. The van der Waals surface area contributed by atoms with E-state index in [1.807, 2.05) is 30.3 Å². The molecule has 0 aromatic heterocycles. The topological polar surface area (TPSA) is 49.8 Å². The van der Waals surface area contributed by atoms with Crippen LogP contribution in [0.1, 0.15) is 5.56 Å². The van der Waals surface area contributed by atoms with Crippen molar-refractivity contribution in [2.24, 2.45) is 0 Å². The first-order chi connectivity index (χ1) is 7.27. The number of aliphatic hydroxyl groups is 1. The molecule has 4 heteroatoms. The number of benzene rings is 1. The highest BCUT2D eigenvalue weighted by molar-refractivity contribution is 5.79. The molecule has 4 nitrogen and oxygen atoms in total. The average molecular weight is 207 g/mol. The van der Waals surface area contributed by atoms with Gasteiger partial charge in [-0.3, -0.25) is 4.79 Å². The Morgan fingerprint density at radius 2 is 2.13 bits per heavy atom. The van der Waals surface area contributed by atoms with Crippen LogP contribution in [0.25, 0.3) is 0 Å². The van der Waals surface area contributed by atoms with E-state index in [0.29, 0.717) is 19.7 Å². The number of carbonyl (C=O) groups is 1. The molecular formula is C11H13NO3. The third kappa shape index (κ3) is 2.34. The van der Waals surface area contributed by atoms with Crippen LogP contribution in [-0.2, 0) is 16.1 Å². The smallest absolute Gasteiger partial charge is 0.279 e. The van der Waals surface area contributed by atoms with E-state index in [1.54, 1.807) is 4.90 Å². The maximum absolute atomic E-state index is 11.5. The Labute approximate surface area is 88.1 Å². The highest BCUT2D eigenvalue weighted by atomic mass is 16.6. The van der Waals surface area contributed by atoms with Crippen LogP contribution in [0.5, 0.6) is 0 Å². The van der Waals surface area contributed by atoms with Gasteiger partial charge in [-0.05, 0) is 5.56 Å². The van der Waals surface area contributed by atoms with Crippen LogP contribution in [0.3, 0.4) is 0 Å². The highest BCUT2D eigenvalue weighted by Crippen LogP contribution is 2.10. The van der Waals surface area contributed by atoms with Gasteiger partial charge >= 0.3 is 0 Å². The number of hydrogen-bond acceptors (Lipinski definition) is 3. The van der Waals surface area contributed by atoms with Crippen LogP contribution in [0, 0.1) is 0 Å². The number of amides is 1. The molecule has 1 unspecified atom stereocenters. The first-order valence-corrected chi connectivity index (χ1v) is 4.90. The zero-order chi connectivity index (χ0) is 10.7. The number of rotatable bonds is 2. The molecule has 1 saturated heterocycles. The molecule has 0 radical (unpaired) electrons. The molecule has 0 bridgehead atoms. The summed E-state index contributed by atoms with van der Waals surface area (Å²) in [5, 5.41) is 9.21. The van der Waals surface area contributed by atoms with Gasteiger partial charge in [0.2, 0.25) is 6.29 Å². The van der Waals surface area contributed by atoms with Gasteiger partial charge in [-0.1, -0.05) is 30.3 Å². The molecule has 1 atom stereocenters. The Kier molecular flexibility index (Phi) is 2.99. The second-order valence-electron chi connectivity index (χ2n) is 3.47. The second kappa shape index (κ2) is 4.42. The molecule has 15 heavy (non-hydrogen) atoms. The number of hydrogen-bond donors (Lipinski definition) is 1. The van der Waals surface area contributed by atoms with Gasteiger partial charge in [0, 0.05) is 13.1 Å². The van der Waals surface area contributed by atoms with Crippen molar-refractivity contribution < 1.29 is 14.6 Å². The summed E-state index contributed by atoms with van der Waals surface area (Å²) in [6, 6.07) is 9.69. The van der Waals surface area contributed by atoms with Crippen molar-refractivity contribution in [1.29, 1.82) is 0 Å². The fourth-order valence-electron chi connectivity index (χ4n) is 1.57. The van der Waals surface area contributed by atoms with E-state index in [-0.39, 0.29) is 5.91 Å². The SMILES string of the molecule is O=C1C(O)OCCN1Cc1ccccc1. The maximum Gasteiger partial charge on any atom is 0.279 e. The van der Waals surface area contributed by atoms with Crippen molar-refractivity contribution in [3.8, 4) is 0 Å². The van der Waals surface area contributed by atoms with E-state index < -0.39 is 6.29 Å². The summed E-state index contributed by atoms with van der Waals surface area (Å²) in [5.41, 5.74) is 1.06. The van der Waals surface area contributed by atoms with Crippen molar-refractivity contribution in [2.45, 2.75) is 12.8 Å². The molecule has 2 rings (SSSR count). The number of nitrogens with zero attached hydrogens (tertiary/aromatic N) is 1. The zero-order valence-electron chi connectivity index (χ0n) is 8.30. The van der Waals surface area contributed by atoms with Crippen molar-refractivity contribution in [1.82, 2.24) is 4.90 Å². The van der Waals surface area contributed by atoms with E-state index >= 15 is 0 Å². The lowest BCUT2D eigenvalue weighted by atomic mass is 10.2. The van der Waals surface area contributed by atoms with Gasteiger partial charge in [-0.2, -0.15) is 0 Å². The molecule has 1 fully saturated rings. The molecule has 1 aromatic rings. The third-order valence-corrected chi connectivity index (χ3v) is 2.38. The Bertz CT molecular complexity index is 339. The molecule has 1 heterocycles. The molecule has 1 aliphatic rings. The van der Waals surface area contributed by atoms with Crippen molar-refractivity contribution in [3.05, 3.63) is 35.9 Å². The lowest BCUT2D eigenvalue weighted by molar-refractivity contribution is -0.184. The Morgan fingerprint density at radius 1 is 1.40 bits per heavy atom.